The molecule has 0 saturated carbocycles. The number of hydrogen-bond acceptors (Lipinski definition) is 4. The number of halogens is 1. The van der Waals surface area contributed by atoms with Gasteiger partial charge in [-0.05, 0) is 30.2 Å². The van der Waals surface area contributed by atoms with Crippen molar-refractivity contribution in [1.82, 2.24) is 0 Å². The first-order valence-corrected chi connectivity index (χ1v) is 6.86. The Kier molecular flexibility index (Phi) is 4.77. The minimum atomic E-state index is -0.507. The summed E-state index contributed by atoms with van der Waals surface area (Å²) < 4.78 is 5.61. The first-order valence-electron chi connectivity index (χ1n) is 6.48. The third-order valence-electron chi connectivity index (χ3n) is 3.07. The van der Waals surface area contributed by atoms with Gasteiger partial charge in [0, 0.05) is 23.2 Å². The second-order valence-corrected chi connectivity index (χ2v) is 4.99. The molecule has 5 nitrogen and oxygen atoms in total. The summed E-state index contributed by atoms with van der Waals surface area (Å²) in [5.41, 5.74) is 6.76. The molecule has 21 heavy (non-hydrogen) atoms. The zero-order chi connectivity index (χ0) is 15.4. The van der Waals surface area contributed by atoms with Crippen LogP contribution in [0.5, 0.6) is 11.5 Å². The van der Waals surface area contributed by atoms with E-state index in [2.05, 4.69) is 0 Å². The summed E-state index contributed by atoms with van der Waals surface area (Å²) in [6.07, 6.45) is 0.792. The molecule has 0 aliphatic carbocycles. The molecule has 0 saturated heterocycles. The molecule has 110 valence electrons. The Bertz CT molecular complexity index is 661. The fourth-order valence-corrected chi connectivity index (χ4v) is 2.05. The predicted molar refractivity (Wildman–Crippen MR) is 81.8 cm³/mol. The monoisotopic (exact) mass is 306 g/mol. The molecule has 2 N–H and O–H groups in total. The summed E-state index contributed by atoms with van der Waals surface area (Å²) >= 11 is 5.87. The van der Waals surface area contributed by atoms with Crippen LogP contribution in [0.2, 0.25) is 5.02 Å². The van der Waals surface area contributed by atoms with Crippen molar-refractivity contribution in [2.45, 2.75) is 19.4 Å². The van der Waals surface area contributed by atoms with Crippen LogP contribution in [0.3, 0.4) is 0 Å². The molecular weight excluding hydrogens is 292 g/mol. The van der Waals surface area contributed by atoms with Crippen LogP contribution in [0, 0.1) is 10.1 Å². The molecule has 2 aromatic rings. The summed E-state index contributed by atoms with van der Waals surface area (Å²) in [5.74, 6) is 0.594. The van der Waals surface area contributed by atoms with Gasteiger partial charge in [0.05, 0.1) is 4.92 Å². The second kappa shape index (κ2) is 6.56. The lowest BCUT2D eigenvalue weighted by Gasteiger charge is -2.12. The summed E-state index contributed by atoms with van der Waals surface area (Å²) in [6, 6.07) is 11.3. The van der Waals surface area contributed by atoms with E-state index in [-0.39, 0.29) is 17.5 Å². The summed E-state index contributed by atoms with van der Waals surface area (Å²) in [5, 5.41) is 11.4. The van der Waals surface area contributed by atoms with Crippen LogP contribution in [-0.4, -0.2) is 4.92 Å². The summed E-state index contributed by atoms with van der Waals surface area (Å²) in [7, 11) is 0. The molecule has 0 amide bonds. The van der Waals surface area contributed by atoms with Gasteiger partial charge in [-0.1, -0.05) is 30.7 Å². The lowest BCUT2D eigenvalue weighted by Crippen LogP contribution is -2.08. The number of benzene rings is 2. The van der Waals surface area contributed by atoms with Gasteiger partial charge in [-0.2, -0.15) is 0 Å². The number of nitro benzene ring substituents is 1. The smallest absolute Gasteiger partial charge is 0.311 e. The van der Waals surface area contributed by atoms with Crippen LogP contribution < -0.4 is 10.5 Å². The van der Waals surface area contributed by atoms with E-state index in [4.69, 9.17) is 22.1 Å². The predicted octanol–water partition coefficient (Wildman–Crippen LogP) is 4.45. The molecule has 0 spiro atoms. The van der Waals surface area contributed by atoms with E-state index in [1.54, 1.807) is 18.2 Å². The maximum absolute atomic E-state index is 11.0. The fourth-order valence-electron chi connectivity index (χ4n) is 1.89. The van der Waals surface area contributed by atoms with E-state index in [0.29, 0.717) is 10.8 Å². The van der Waals surface area contributed by atoms with E-state index in [1.807, 2.05) is 13.0 Å². The standard InChI is InChI=1S/C15H15ClN2O3/c1-2-13(17)10-4-3-5-12(8-10)21-15-9-11(16)6-7-14(15)18(19)20/h3-9,13H,2,17H2,1H3. The van der Waals surface area contributed by atoms with E-state index in [1.165, 1.54) is 18.2 Å². The summed E-state index contributed by atoms with van der Waals surface area (Å²) in [4.78, 5) is 10.5. The Morgan fingerprint density at radius 1 is 1.33 bits per heavy atom. The molecule has 0 radical (unpaired) electrons. The Morgan fingerprint density at radius 2 is 2.10 bits per heavy atom. The normalized spacial score (nSPS) is 12.0. The van der Waals surface area contributed by atoms with Crippen molar-refractivity contribution in [3.05, 3.63) is 63.2 Å². The zero-order valence-corrected chi connectivity index (χ0v) is 12.2. The lowest BCUT2D eigenvalue weighted by molar-refractivity contribution is -0.385. The van der Waals surface area contributed by atoms with Gasteiger partial charge >= 0.3 is 5.69 Å². The molecule has 1 unspecified atom stereocenters. The number of nitrogens with two attached hydrogens (primary N) is 1. The van der Waals surface area contributed by atoms with Gasteiger partial charge in [0.1, 0.15) is 5.75 Å². The van der Waals surface area contributed by atoms with E-state index in [9.17, 15) is 10.1 Å². The molecule has 1 atom stereocenters. The first kappa shape index (κ1) is 15.3. The minimum absolute atomic E-state index is 0.0945. The van der Waals surface area contributed by atoms with E-state index >= 15 is 0 Å². The van der Waals surface area contributed by atoms with Crippen molar-refractivity contribution in [3.63, 3.8) is 0 Å². The number of ether oxygens (including phenoxy) is 1. The van der Waals surface area contributed by atoms with Gasteiger partial charge in [-0.25, -0.2) is 0 Å². The SMILES string of the molecule is CCC(N)c1cccc(Oc2cc(Cl)ccc2[N+](=O)[O-])c1. The molecule has 2 aromatic carbocycles. The second-order valence-electron chi connectivity index (χ2n) is 4.56. The fraction of sp³-hybridized carbons (Fsp3) is 0.200. The highest BCUT2D eigenvalue weighted by Gasteiger charge is 2.16. The first-order chi connectivity index (χ1) is 10.0. The Morgan fingerprint density at radius 3 is 2.76 bits per heavy atom. The van der Waals surface area contributed by atoms with Gasteiger partial charge in [-0.15, -0.1) is 0 Å². The van der Waals surface area contributed by atoms with E-state index in [0.717, 1.165) is 12.0 Å². The van der Waals surface area contributed by atoms with Crippen molar-refractivity contribution in [2.24, 2.45) is 5.73 Å². The molecule has 0 aromatic heterocycles. The average molecular weight is 307 g/mol. The molecule has 0 heterocycles. The molecule has 0 fully saturated rings. The quantitative estimate of drug-likeness (QED) is 0.654. The van der Waals surface area contributed by atoms with Crippen LogP contribution in [0.4, 0.5) is 5.69 Å². The topological polar surface area (TPSA) is 78.4 Å². The van der Waals surface area contributed by atoms with Gasteiger partial charge in [0.25, 0.3) is 0 Å². The van der Waals surface area contributed by atoms with Gasteiger partial charge in [0.2, 0.25) is 5.75 Å². The van der Waals surface area contributed by atoms with Crippen molar-refractivity contribution < 1.29 is 9.66 Å². The lowest BCUT2D eigenvalue weighted by atomic mass is 10.1. The van der Waals surface area contributed by atoms with Crippen molar-refractivity contribution in [2.75, 3.05) is 0 Å². The largest absolute Gasteiger partial charge is 0.450 e. The minimum Gasteiger partial charge on any atom is -0.450 e. The molecule has 0 bridgehead atoms. The van der Waals surface area contributed by atoms with Crippen LogP contribution >= 0.6 is 11.6 Å². The highest BCUT2D eigenvalue weighted by atomic mass is 35.5. The highest BCUT2D eigenvalue weighted by molar-refractivity contribution is 6.30. The highest BCUT2D eigenvalue weighted by Crippen LogP contribution is 2.34. The Balaban J connectivity index is 2.34. The molecule has 6 heteroatoms. The van der Waals surface area contributed by atoms with Crippen molar-refractivity contribution in [3.8, 4) is 11.5 Å². The van der Waals surface area contributed by atoms with Gasteiger partial charge < -0.3 is 10.5 Å². The van der Waals surface area contributed by atoms with Crippen LogP contribution in [-0.2, 0) is 0 Å². The maximum Gasteiger partial charge on any atom is 0.311 e. The van der Waals surface area contributed by atoms with Crippen molar-refractivity contribution >= 4 is 17.3 Å². The Labute approximate surface area is 127 Å². The number of nitro groups is 1. The van der Waals surface area contributed by atoms with Gasteiger partial charge in [0.15, 0.2) is 0 Å². The zero-order valence-electron chi connectivity index (χ0n) is 11.5. The van der Waals surface area contributed by atoms with Crippen molar-refractivity contribution in [1.29, 1.82) is 0 Å². The maximum atomic E-state index is 11.0. The molecule has 0 aliphatic rings. The molecule has 2 rings (SSSR count). The van der Waals surface area contributed by atoms with Gasteiger partial charge in [-0.3, -0.25) is 10.1 Å². The number of nitrogens with zero attached hydrogens (tertiary/aromatic N) is 1. The average Bonchev–Trinajstić information content (AvgIpc) is 2.46. The third-order valence-corrected chi connectivity index (χ3v) is 3.31. The van der Waals surface area contributed by atoms with Crippen LogP contribution in [0.25, 0.3) is 0 Å². The number of hydrogen-bond donors (Lipinski definition) is 1. The summed E-state index contributed by atoms with van der Waals surface area (Å²) in [6.45, 7) is 1.99. The molecule has 0 aliphatic heterocycles. The van der Waals surface area contributed by atoms with E-state index < -0.39 is 4.92 Å². The van der Waals surface area contributed by atoms with Crippen LogP contribution in [0.1, 0.15) is 24.9 Å². The number of rotatable bonds is 5. The third kappa shape index (κ3) is 3.71. The Hall–Kier alpha value is -2.11. The van der Waals surface area contributed by atoms with Crippen LogP contribution in [0.15, 0.2) is 42.5 Å². The molecular formula is C15H15ClN2O3.